The third-order valence-corrected chi connectivity index (χ3v) is 3.46. The highest BCUT2D eigenvalue weighted by atomic mass is 19.1. The number of likely N-dealkylation sites (N-methyl/N-ethyl adjacent to an activating group) is 2. The molecule has 2 nitrogen and oxygen atoms in total. The Morgan fingerprint density at radius 1 is 1.05 bits per heavy atom. The third kappa shape index (κ3) is 3.89. The Kier molecular flexibility index (Phi) is 5.27. The first-order valence-corrected chi connectivity index (χ1v) is 6.85. The van der Waals surface area contributed by atoms with Crippen molar-refractivity contribution < 1.29 is 4.39 Å². The number of halogens is 1. The number of nitrogens with zero attached hydrogens (tertiary/aromatic N) is 1. The standard InChI is InChI=1S/C17H21FN2/c1-19-12-17(15-6-4-3-5-7-15)20(2)13-14-8-10-16(18)11-9-14/h3-11,17,19H,12-13H2,1-2H3. The van der Waals surface area contributed by atoms with E-state index in [1.807, 2.05) is 25.2 Å². The average molecular weight is 272 g/mol. The van der Waals surface area contributed by atoms with Gasteiger partial charge in [-0.3, -0.25) is 4.90 Å². The summed E-state index contributed by atoms with van der Waals surface area (Å²) in [7, 11) is 4.06. The summed E-state index contributed by atoms with van der Waals surface area (Å²) in [6.07, 6.45) is 0. The maximum absolute atomic E-state index is 12.9. The van der Waals surface area contributed by atoms with Gasteiger partial charge in [-0.2, -0.15) is 0 Å². The molecule has 0 spiro atoms. The van der Waals surface area contributed by atoms with Gasteiger partial charge < -0.3 is 5.32 Å². The SMILES string of the molecule is CNCC(c1ccccc1)N(C)Cc1ccc(F)cc1. The predicted octanol–water partition coefficient (Wildman–Crippen LogP) is 3.22. The Hall–Kier alpha value is -1.71. The van der Waals surface area contributed by atoms with Crippen LogP contribution in [-0.4, -0.2) is 25.5 Å². The fourth-order valence-corrected chi connectivity index (χ4v) is 2.38. The number of hydrogen-bond donors (Lipinski definition) is 1. The molecule has 1 N–H and O–H groups in total. The minimum Gasteiger partial charge on any atom is -0.318 e. The number of hydrogen-bond acceptors (Lipinski definition) is 2. The van der Waals surface area contributed by atoms with Crippen molar-refractivity contribution in [2.24, 2.45) is 0 Å². The highest BCUT2D eigenvalue weighted by Crippen LogP contribution is 2.20. The van der Waals surface area contributed by atoms with E-state index in [9.17, 15) is 4.39 Å². The molecule has 2 rings (SSSR count). The fraction of sp³-hybridized carbons (Fsp3) is 0.294. The van der Waals surface area contributed by atoms with E-state index in [0.717, 1.165) is 18.7 Å². The van der Waals surface area contributed by atoms with Gasteiger partial charge in [-0.25, -0.2) is 4.39 Å². The number of rotatable bonds is 6. The van der Waals surface area contributed by atoms with Crippen LogP contribution in [0.5, 0.6) is 0 Å². The molecule has 0 amide bonds. The Bertz CT molecular complexity index is 510. The molecule has 2 aromatic carbocycles. The quantitative estimate of drug-likeness (QED) is 0.868. The Morgan fingerprint density at radius 3 is 2.30 bits per heavy atom. The first-order chi connectivity index (χ1) is 9.70. The number of nitrogens with one attached hydrogen (secondary N) is 1. The zero-order valence-corrected chi connectivity index (χ0v) is 12.0. The van der Waals surface area contributed by atoms with Crippen molar-refractivity contribution in [2.75, 3.05) is 20.6 Å². The number of benzene rings is 2. The van der Waals surface area contributed by atoms with Gasteiger partial charge in [-0.05, 0) is 37.4 Å². The van der Waals surface area contributed by atoms with E-state index in [4.69, 9.17) is 0 Å². The highest BCUT2D eigenvalue weighted by molar-refractivity contribution is 5.21. The van der Waals surface area contributed by atoms with Crippen LogP contribution in [0.1, 0.15) is 17.2 Å². The molecule has 0 aromatic heterocycles. The van der Waals surface area contributed by atoms with Crippen LogP contribution in [0.4, 0.5) is 4.39 Å². The van der Waals surface area contributed by atoms with Crippen molar-refractivity contribution in [3.63, 3.8) is 0 Å². The second-order valence-corrected chi connectivity index (χ2v) is 5.03. The zero-order valence-electron chi connectivity index (χ0n) is 12.0. The molecule has 0 saturated heterocycles. The van der Waals surface area contributed by atoms with Crippen molar-refractivity contribution in [3.8, 4) is 0 Å². The largest absolute Gasteiger partial charge is 0.318 e. The lowest BCUT2D eigenvalue weighted by Crippen LogP contribution is -2.31. The van der Waals surface area contributed by atoms with Crippen molar-refractivity contribution in [1.29, 1.82) is 0 Å². The fourth-order valence-electron chi connectivity index (χ4n) is 2.38. The summed E-state index contributed by atoms with van der Waals surface area (Å²) in [5.74, 6) is -0.189. The summed E-state index contributed by atoms with van der Waals surface area (Å²) in [4.78, 5) is 2.28. The summed E-state index contributed by atoms with van der Waals surface area (Å²) in [6.45, 7) is 1.67. The van der Waals surface area contributed by atoms with Gasteiger partial charge >= 0.3 is 0 Å². The smallest absolute Gasteiger partial charge is 0.123 e. The summed E-state index contributed by atoms with van der Waals surface area (Å²) >= 11 is 0. The molecule has 3 heteroatoms. The molecule has 2 aromatic rings. The van der Waals surface area contributed by atoms with Crippen molar-refractivity contribution >= 4 is 0 Å². The maximum atomic E-state index is 12.9. The lowest BCUT2D eigenvalue weighted by Gasteiger charge is -2.28. The average Bonchev–Trinajstić information content (AvgIpc) is 2.48. The molecule has 0 radical (unpaired) electrons. The van der Waals surface area contributed by atoms with Gasteiger partial charge in [0.15, 0.2) is 0 Å². The van der Waals surface area contributed by atoms with E-state index in [1.165, 1.54) is 17.7 Å². The van der Waals surface area contributed by atoms with Crippen molar-refractivity contribution in [3.05, 3.63) is 71.5 Å². The van der Waals surface area contributed by atoms with Crippen LogP contribution in [0.15, 0.2) is 54.6 Å². The van der Waals surface area contributed by atoms with Gasteiger partial charge in [0.25, 0.3) is 0 Å². The van der Waals surface area contributed by atoms with E-state index in [-0.39, 0.29) is 5.82 Å². The lowest BCUT2D eigenvalue weighted by atomic mass is 10.0. The molecule has 106 valence electrons. The third-order valence-electron chi connectivity index (χ3n) is 3.46. The van der Waals surface area contributed by atoms with Gasteiger partial charge in [-0.15, -0.1) is 0 Å². The van der Waals surface area contributed by atoms with E-state index in [2.05, 4.69) is 41.5 Å². The molecule has 0 heterocycles. The molecule has 0 saturated carbocycles. The molecule has 1 atom stereocenters. The Balaban J connectivity index is 2.11. The Morgan fingerprint density at radius 2 is 1.70 bits per heavy atom. The van der Waals surface area contributed by atoms with Crippen LogP contribution in [0.3, 0.4) is 0 Å². The second-order valence-electron chi connectivity index (χ2n) is 5.03. The molecule has 0 bridgehead atoms. The van der Waals surface area contributed by atoms with Crippen LogP contribution in [-0.2, 0) is 6.54 Å². The molecular weight excluding hydrogens is 251 g/mol. The molecule has 1 unspecified atom stereocenters. The van der Waals surface area contributed by atoms with Crippen LogP contribution >= 0.6 is 0 Å². The highest BCUT2D eigenvalue weighted by Gasteiger charge is 2.16. The van der Waals surface area contributed by atoms with Gasteiger partial charge in [0.05, 0.1) is 0 Å². The Labute approximate surface area is 120 Å². The minimum atomic E-state index is -0.189. The molecular formula is C17H21FN2. The van der Waals surface area contributed by atoms with Gasteiger partial charge in [0, 0.05) is 19.1 Å². The van der Waals surface area contributed by atoms with E-state index in [1.54, 1.807) is 0 Å². The van der Waals surface area contributed by atoms with Crippen LogP contribution < -0.4 is 5.32 Å². The van der Waals surface area contributed by atoms with Gasteiger partial charge in [0.2, 0.25) is 0 Å². The monoisotopic (exact) mass is 272 g/mol. The summed E-state index contributed by atoms with van der Waals surface area (Å²) in [6, 6.07) is 17.4. The van der Waals surface area contributed by atoms with Crippen LogP contribution in [0, 0.1) is 5.82 Å². The zero-order chi connectivity index (χ0) is 14.4. The lowest BCUT2D eigenvalue weighted by molar-refractivity contribution is 0.233. The van der Waals surface area contributed by atoms with E-state index in [0.29, 0.717) is 6.04 Å². The van der Waals surface area contributed by atoms with Gasteiger partial charge in [0.1, 0.15) is 5.82 Å². The summed E-state index contributed by atoms with van der Waals surface area (Å²) < 4.78 is 12.9. The first-order valence-electron chi connectivity index (χ1n) is 6.85. The first kappa shape index (κ1) is 14.7. The van der Waals surface area contributed by atoms with Crippen molar-refractivity contribution in [1.82, 2.24) is 10.2 Å². The van der Waals surface area contributed by atoms with Gasteiger partial charge in [-0.1, -0.05) is 42.5 Å². The van der Waals surface area contributed by atoms with Crippen LogP contribution in [0.25, 0.3) is 0 Å². The molecule has 20 heavy (non-hydrogen) atoms. The minimum absolute atomic E-state index is 0.189. The van der Waals surface area contributed by atoms with E-state index < -0.39 is 0 Å². The predicted molar refractivity (Wildman–Crippen MR) is 81.0 cm³/mol. The maximum Gasteiger partial charge on any atom is 0.123 e. The molecule has 0 aliphatic heterocycles. The second kappa shape index (κ2) is 7.17. The van der Waals surface area contributed by atoms with Crippen molar-refractivity contribution in [2.45, 2.75) is 12.6 Å². The summed E-state index contributed by atoms with van der Waals surface area (Å²) in [5, 5.41) is 3.24. The molecule has 0 fully saturated rings. The molecule has 0 aliphatic carbocycles. The summed E-state index contributed by atoms with van der Waals surface area (Å²) in [5.41, 5.74) is 2.40. The molecule has 0 aliphatic rings. The van der Waals surface area contributed by atoms with Crippen LogP contribution in [0.2, 0.25) is 0 Å². The normalized spacial score (nSPS) is 12.6. The van der Waals surface area contributed by atoms with E-state index >= 15 is 0 Å². The topological polar surface area (TPSA) is 15.3 Å².